The van der Waals surface area contributed by atoms with Gasteiger partial charge in [0.15, 0.2) is 0 Å². The monoisotopic (exact) mass is 542 g/mol. The van der Waals surface area contributed by atoms with Crippen LogP contribution in [0.1, 0.15) is 81.3 Å². The fraction of sp³-hybridized carbons (Fsp3) is 0.379. The first kappa shape index (κ1) is 27.4. The summed E-state index contributed by atoms with van der Waals surface area (Å²) >= 11 is -0.845. The largest absolute Gasteiger partial charge is 1.00 e. The summed E-state index contributed by atoms with van der Waals surface area (Å²) in [6, 6.07) is 14.6. The zero-order chi connectivity index (χ0) is 21.8. The Bertz CT molecular complexity index is 1040. The second-order valence-electron chi connectivity index (χ2n) is 11.0. The van der Waals surface area contributed by atoms with E-state index in [4.69, 9.17) is 0 Å². The van der Waals surface area contributed by atoms with Crippen LogP contribution in [0.4, 0.5) is 0 Å². The first-order valence-corrected chi connectivity index (χ1v) is 13.7. The minimum atomic E-state index is -0.845. The normalized spacial score (nSPS) is 14.8. The van der Waals surface area contributed by atoms with E-state index in [1.54, 1.807) is 14.4 Å². The summed E-state index contributed by atoms with van der Waals surface area (Å²) in [7, 11) is 0. The standard InChI is InChI=1S/C21H25.C8H9.2ClH.Zr/c1-20(2,3)16-9-7-14-11-15-8-10-17(21(4,5)6)13-19(15)18(14)12-16;1-7(2)8-5-3-4-6-8;;;/h7-13H,1-6H3;3-5H,1-2H3;2*1H;/q;;;;+2/p-2. The first-order chi connectivity index (χ1) is 14.0. The van der Waals surface area contributed by atoms with Gasteiger partial charge in [0.05, 0.1) is 0 Å². The summed E-state index contributed by atoms with van der Waals surface area (Å²) in [5, 5.41) is 0. The second kappa shape index (κ2) is 9.78. The van der Waals surface area contributed by atoms with E-state index < -0.39 is 23.2 Å². The summed E-state index contributed by atoms with van der Waals surface area (Å²) in [5.74, 6) is 0. The van der Waals surface area contributed by atoms with Crippen LogP contribution in [0, 0.1) is 0 Å². The molecule has 0 unspecified atom stereocenters. The van der Waals surface area contributed by atoms with Gasteiger partial charge in [0, 0.05) is 0 Å². The molecule has 2 aliphatic rings. The third-order valence-electron chi connectivity index (χ3n) is 6.41. The number of halogens is 2. The molecule has 0 N–H and O–H groups in total. The summed E-state index contributed by atoms with van der Waals surface area (Å²) in [4.78, 5) is 0. The van der Waals surface area contributed by atoms with Crippen molar-refractivity contribution in [3.05, 3.63) is 91.3 Å². The number of hydrogen-bond donors (Lipinski definition) is 0. The van der Waals surface area contributed by atoms with Crippen LogP contribution in [0.3, 0.4) is 0 Å². The van der Waals surface area contributed by atoms with Gasteiger partial charge in [-0.2, -0.15) is 0 Å². The van der Waals surface area contributed by atoms with Crippen molar-refractivity contribution in [3.63, 3.8) is 0 Å². The summed E-state index contributed by atoms with van der Waals surface area (Å²) in [6.07, 6.45) is 6.95. The van der Waals surface area contributed by atoms with Gasteiger partial charge in [0.25, 0.3) is 0 Å². The average Bonchev–Trinajstić information content (AvgIpc) is 3.23. The fourth-order valence-electron chi connectivity index (χ4n) is 4.48. The first-order valence-electron chi connectivity index (χ1n) is 11.1. The maximum Gasteiger partial charge on any atom is -1.00 e. The Morgan fingerprint density at radius 3 is 1.62 bits per heavy atom. The third kappa shape index (κ3) is 5.11. The Balaban J connectivity index is 0.00000181. The van der Waals surface area contributed by atoms with Gasteiger partial charge in [0.1, 0.15) is 0 Å². The van der Waals surface area contributed by atoms with Gasteiger partial charge >= 0.3 is 196 Å². The van der Waals surface area contributed by atoms with Crippen molar-refractivity contribution in [1.82, 2.24) is 0 Å². The van der Waals surface area contributed by atoms with Crippen LogP contribution in [-0.4, -0.2) is 0 Å². The minimum Gasteiger partial charge on any atom is -1.00 e. The smallest absolute Gasteiger partial charge is 1.00 e. The molecule has 0 amide bonds. The van der Waals surface area contributed by atoms with E-state index in [2.05, 4.69) is 110 Å². The van der Waals surface area contributed by atoms with Gasteiger partial charge in [-0.1, -0.05) is 0 Å². The van der Waals surface area contributed by atoms with Crippen molar-refractivity contribution in [2.45, 2.75) is 69.8 Å². The molecule has 3 heteroatoms. The van der Waals surface area contributed by atoms with Gasteiger partial charge in [0.2, 0.25) is 0 Å². The van der Waals surface area contributed by atoms with Crippen LogP contribution >= 0.6 is 0 Å². The molecule has 0 atom stereocenters. The predicted molar refractivity (Wildman–Crippen MR) is 127 cm³/mol. The molecular weight excluding hydrogens is 510 g/mol. The maximum atomic E-state index is 2.49. The molecule has 0 nitrogen and oxygen atoms in total. The molecule has 0 aromatic heterocycles. The van der Waals surface area contributed by atoms with Gasteiger partial charge in [-0.15, -0.1) is 0 Å². The maximum absolute atomic E-state index is 2.49. The zero-order valence-electron chi connectivity index (χ0n) is 20.5. The van der Waals surface area contributed by atoms with E-state index in [0.29, 0.717) is 3.63 Å². The van der Waals surface area contributed by atoms with Gasteiger partial charge in [-0.25, -0.2) is 0 Å². The fourth-order valence-corrected chi connectivity index (χ4v) is 8.92. The molecule has 0 radical (unpaired) electrons. The zero-order valence-corrected chi connectivity index (χ0v) is 24.5. The summed E-state index contributed by atoms with van der Waals surface area (Å²) in [6.45, 7) is 18.4. The second-order valence-corrected chi connectivity index (χ2v) is 14.5. The van der Waals surface area contributed by atoms with Crippen molar-refractivity contribution in [1.29, 1.82) is 0 Å². The van der Waals surface area contributed by atoms with Crippen molar-refractivity contribution in [2.75, 3.05) is 0 Å². The van der Waals surface area contributed by atoms with E-state index in [1.807, 2.05) is 0 Å². The van der Waals surface area contributed by atoms with Gasteiger partial charge in [-0.3, -0.25) is 0 Å². The Morgan fingerprint density at radius 1 is 0.750 bits per heavy atom. The van der Waals surface area contributed by atoms with Crippen LogP contribution < -0.4 is 24.8 Å². The molecule has 0 bridgehead atoms. The molecule has 2 aliphatic carbocycles. The van der Waals surface area contributed by atoms with E-state index in [9.17, 15) is 0 Å². The van der Waals surface area contributed by atoms with E-state index >= 15 is 0 Å². The molecule has 0 heterocycles. The van der Waals surface area contributed by atoms with Gasteiger partial charge < -0.3 is 24.8 Å². The Hall–Kier alpha value is -0.877. The number of allylic oxidation sites excluding steroid dienone is 6. The minimum absolute atomic E-state index is 0. The van der Waals surface area contributed by atoms with Crippen molar-refractivity contribution in [2.24, 2.45) is 0 Å². The molecule has 2 aromatic rings. The molecule has 0 spiro atoms. The molecule has 0 aliphatic heterocycles. The molecule has 0 saturated heterocycles. The summed E-state index contributed by atoms with van der Waals surface area (Å²) in [5.41, 5.74) is 12.3. The Labute approximate surface area is 219 Å². The van der Waals surface area contributed by atoms with Crippen molar-refractivity contribution < 1.29 is 48.0 Å². The SMILES string of the molecule is CC(C)=C1C=CC=[C]1[Zr+2][CH]1c2ccc(C(C)(C)C)cc2-c2cc(C(C)(C)C)ccc21.[Cl-].[Cl-]. The quantitative estimate of drug-likeness (QED) is 0.544. The van der Waals surface area contributed by atoms with Crippen molar-refractivity contribution >= 4 is 0 Å². The molecule has 32 heavy (non-hydrogen) atoms. The van der Waals surface area contributed by atoms with E-state index in [1.165, 1.54) is 33.4 Å². The molecule has 0 fully saturated rings. The molecule has 2 aromatic carbocycles. The predicted octanol–water partition coefficient (Wildman–Crippen LogP) is 2.23. The number of fused-ring (bicyclic) bond motifs is 3. The van der Waals surface area contributed by atoms with Crippen LogP contribution in [0.5, 0.6) is 0 Å². The van der Waals surface area contributed by atoms with Crippen LogP contribution in [-0.2, 0) is 34.1 Å². The molecule has 0 saturated carbocycles. The van der Waals surface area contributed by atoms with Crippen LogP contribution in [0.25, 0.3) is 11.1 Å². The average molecular weight is 545 g/mol. The molecule has 168 valence electrons. The van der Waals surface area contributed by atoms with E-state index in [-0.39, 0.29) is 35.6 Å². The van der Waals surface area contributed by atoms with E-state index in [0.717, 1.165) is 0 Å². The number of hydrogen-bond acceptors (Lipinski definition) is 0. The molecular formula is C29H34Cl2Zr. The van der Waals surface area contributed by atoms with Crippen molar-refractivity contribution in [3.8, 4) is 11.1 Å². The van der Waals surface area contributed by atoms with Crippen LogP contribution in [0.2, 0.25) is 0 Å². The topological polar surface area (TPSA) is 0 Å². The summed E-state index contributed by atoms with van der Waals surface area (Å²) < 4.78 is 2.24. The third-order valence-corrected chi connectivity index (χ3v) is 10.5. The number of benzene rings is 2. The molecule has 4 rings (SSSR count). The Kier molecular flexibility index (Phi) is 8.36. The number of rotatable bonds is 2. The van der Waals surface area contributed by atoms with Gasteiger partial charge in [-0.05, 0) is 0 Å². The Morgan fingerprint density at radius 2 is 1.22 bits per heavy atom. The van der Waals surface area contributed by atoms with Crippen LogP contribution in [0.15, 0.2) is 69.1 Å².